The van der Waals surface area contributed by atoms with Crippen LogP contribution in [0.5, 0.6) is 5.75 Å². The molecule has 3 aliphatic rings. The summed E-state index contributed by atoms with van der Waals surface area (Å²) in [4.78, 5) is 56.7. The first-order chi connectivity index (χ1) is 18.8. The fraction of sp³-hybridized carbons (Fsp3) is 0.548. The number of likely N-dealkylation sites (N-methyl/N-ethyl adjacent to an activating group) is 1. The Morgan fingerprint density at radius 3 is 2.20 bits per heavy atom. The van der Waals surface area contributed by atoms with Crippen molar-refractivity contribution in [3.63, 3.8) is 0 Å². The van der Waals surface area contributed by atoms with Crippen LogP contribution in [0, 0.1) is 11.8 Å². The predicted octanol–water partition coefficient (Wildman–Crippen LogP) is 2.50. The molecular weight excluding hydrogens is 528 g/mol. The molecule has 3 aliphatic carbocycles. The lowest BCUT2D eigenvalue weighted by atomic mass is 9.57. The van der Waals surface area contributed by atoms with E-state index in [-0.39, 0.29) is 41.9 Å². The maximum absolute atomic E-state index is 14.1. The molecular formula is C31H40N2O8. The van der Waals surface area contributed by atoms with Crippen molar-refractivity contribution in [3.8, 4) is 5.75 Å². The number of Topliss-reactive ketones (excluding diaryl/α,β-unsaturated/α-hetero) is 4. The van der Waals surface area contributed by atoms with Gasteiger partial charge in [-0.2, -0.15) is 0 Å². The molecule has 10 nitrogen and oxygen atoms in total. The van der Waals surface area contributed by atoms with E-state index in [1.165, 1.54) is 4.90 Å². The number of nitrogens with zero attached hydrogens (tertiary/aromatic N) is 2. The number of hydrogen-bond acceptors (Lipinski definition) is 10. The second-order valence-electron chi connectivity index (χ2n) is 13.1. The molecule has 0 spiro atoms. The summed E-state index contributed by atoms with van der Waals surface area (Å²) in [6.07, 6.45) is 0.283. The van der Waals surface area contributed by atoms with E-state index >= 15 is 0 Å². The topological polar surface area (TPSA) is 156 Å². The van der Waals surface area contributed by atoms with Crippen LogP contribution in [0.1, 0.15) is 67.6 Å². The summed E-state index contributed by atoms with van der Waals surface area (Å²) in [7, 11) is 6.87. The molecule has 0 aliphatic heterocycles. The summed E-state index contributed by atoms with van der Waals surface area (Å²) < 4.78 is 0. The molecule has 1 saturated carbocycles. The quantitative estimate of drug-likeness (QED) is 0.297. The fourth-order valence-corrected chi connectivity index (χ4v) is 6.69. The first-order valence-electron chi connectivity index (χ1n) is 13.8. The average Bonchev–Trinajstić information content (AvgIpc) is 2.83. The van der Waals surface area contributed by atoms with Gasteiger partial charge < -0.3 is 25.3 Å². The third-order valence-electron chi connectivity index (χ3n) is 8.72. The van der Waals surface area contributed by atoms with Gasteiger partial charge in [-0.1, -0.05) is 20.8 Å². The van der Waals surface area contributed by atoms with E-state index in [9.17, 15) is 39.6 Å². The molecule has 10 heteroatoms. The first-order valence-corrected chi connectivity index (χ1v) is 13.8. The highest BCUT2D eigenvalue weighted by atomic mass is 16.3. The number of aliphatic hydroxyl groups is 3. The fourth-order valence-electron chi connectivity index (χ4n) is 6.69. The Balaban J connectivity index is 2.00. The van der Waals surface area contributed by atoms with E-state index in [0.717, 1.165) is 6.92 Å². The normalized spacial score (nSPS) is 26.4. The molecule has 0 aromatic heterocycles. The molecule has 1 fully saturated rings. The van der Waals surface area contributed by atoms with Crippen LogP contribution in [-0.4, -0.2) is 99.7 Å². The van der Waals surface area contributed by atoms with Gasteiger partial charge in [0.1, 0.15) is 22.8 Å². The Morgan fingerprint density at radius 1 is 1.07 bits per heavy atom. The van der Waals surface area contributed by atoms with Crippen LogP contribution in [0.25, 0.3) is 5.76 Å². The molecule has 41 heavy (non-hydrogen) atoms. The summed E-state index contributed by atoms with van der Waals surface area (Å²) >= 11 is 0. The number of carbonyl (C=O) groups is 4. The number of rotatable bonds is 6. The van der Waals surface area contributed by atoms with Crippen molar-refractivity contribution in [1.82, 2.24) is 9.80 Å². The molecule has 0 heterocycles. The molecule has 4 rings (SSSR count). The van der Waals surface area contributed by atoms with Gasteiger partial charge in [0.15, 0.2) is 23.0 Å². The lowest BCUT2D eigenvalue weighted by molar-refractivity contribution is -0.153. The zero-order chi connectivity index (χ0) is 30.9. The number of phenolic OH excluding ortho intramolecular Hbond substituents is 1. The van der Waals surface area contributed by atoms with Gasteiger partial charge in [0.05, 0.1) is 11.6 Å². The number of aromatic hydroxyl groups is 1. The molecule has 4 N–H and O–H groups in total. The number of hydrogen-bond donors (Lipinski definition) is 4. The Labute approximate surface area is 240 Å². The molecule has 0 amide bonds. The van der Waals surface area contributed by atoms with Crippen molar-refractivity contribution in [2.24, 2.45) is 11.8 Å². The Bertz CT molecular complexity index is 1430. The Kier molecular flexibility index (Phi) is 7.60. The first kappa shape index (κ1) is 30.6. The number of carbonyl (C=O) groups excluding carboxylic acids is 4. The monoisotopic (exact) mass is 568 g/mol. The van der Waals surface area contributed by atoms with E-state index in [1.54, 1.807) is 20.2 Å². The zero-order valence-electron chi connectivity index (χ0n) is 25.0. The summed E-state index contributed by atoms with van der Waals surface area (Å²) in [5, 5.41) is 46.0. The van der Waals surface area contributed by atoms with Crippen molar-refractivity contribution in [2.75, 3.05) is 34.7 Å². The van der Waals surface area contributed by atoms with E-state index in [0.29, 0.717) is 23.2 Å². The number of aliphatic hydroxyl groups excluding tert-OH is 2. The minimum Gasteiger partial charge on any atom is -0.508 e. The molecule has 1 aromatic carbocycles. The highest BCUT2D eigenvalue weighted by Gasteiger charge is 2.64. The van der Waals surface area contributed by atoms with Crippen LogP contribution in [0.2, 0.25) is 0 Å². The van der Waals surface area contributed by atoms with Gasteiger partial charge in [0.2, 0.25) is 5.78 Å². The zero-order valence-corrected chi connectivity index (χ0v) is 25.0. The number of benzene rings is 1. The van der Waals surface area contributed by atoms with Crippen molar-refractivity contribution in [1.29, 1.82) is 0 Å². The van der Waals surface area contributed by atoms with Crippen molar-refractivity contribution in [3.05, 3.63) is 45.2 Å². The van der Waals surface area contributed by atoms with Crippen LogP contribution in [-0.2, 0) is 26.2 Å². The highest BCUT2D eigenvalue weighted by Crippen LogP contribution is 2.54. The largest absolute Gasteiger partial charge is 0.508 e. The van der Waals surface area contributed by atoms with E-state index < -0.39 is 63.3 Å². The number of phenols is 1. The summed E-state index contributed by atoms with van der Waals surface area (Å²) in [6.45, 7) is 7.11. The van der Waals surface area contributed by atoms with Crippen molar-refractivity contribution < 1.29 is 39.6 Å². The SMILES string of the molecule is CC(=O)C1=C(O)[C@@]2(O)C(=O)C3=C(O)c4c(O)c(C(C)(C)C)cc(C(=O)CCN(C)C)c4C[C@H]3C[C@H]2[C@H](N(C)C)C1=O. The Morgan fingerprint density at radius 2 is 1.68 bits per heavy atom. The summed E-state index contributed by atoms with van der Waals surface area (Å²) in [5.41, 5.74) is -3.00. The summed E-state index contributed by atoms with van der Waals surface area (Å²) in [5.74, 6) is -6.39. The van der Waals surface area contributed by atoms with Crippen molar-refractivity contribution in [2.45, 2.75) is 64.0 Å². The number of ketones is 4. The minimum absolute atomic E-state index is 0.00197. The van der Waals surface area contributed by atoms with Crippen LogP contribution >= 0.6 is 0 Å². The van der Waals surface area contributed by atoms with Gasteiger partial charge in [-0.15, -0.1) is 0 Å². The van der Waals surface area contributed by atoms with Crippen LogP contribution in [0.3, 0.4) is 0 Å². The van der Waals surface area contributed by atoms with Gasteiger partial charge in [-0.05, 0) is 70.9 Å². The Hall–Kier alpha value is -3.34. The smallest absolute Gasteiger partial charge is 0.202 e. The molecule has 0 bridgehead atoms. The lowest BCUT2D eigenvalue weighted by Gasteiger charge is -2.50. The second kappa shape index (κ2) is 10.2. The second-order valence-corrected chi connectivity index (χ2v) is 13.1. The third-order valence-corrected chi connectivity index (χ3v) is 8.72. The molecule has 222 valence electrons. The molecule has 0 unspecified atom stereocenters. The maximum atomic E-state index is 14.1. The van der Waals surface area contributed by atoms with Gasteiger partial charge in [-0.25, -0.2) is 0 Å². The standard InChI is InChI=1S/C31H40N2O8/c1-14(34)21-27(38)24(33(7)8)18-12-15-11-17-16(20(35)9-10-32(5)6)13-19(30(2,3)4)25(36)23(17)26(37)22(15)29(40)31(18,41)28(21)39/h13,15,18,24,36-37,39,41H,9-12H2,1-8H3/t15-,18-,24-,31+/m0/s1. The van der Waals surface area contributed by atoms with Crippen LogP contribution in [0.15, 0.2) is 23.0 Å². The third kappa shape index (κ3) is 4.62. The molecule has 4 atom stereocenters. The van der Waals surface area contributed by atoms with Gasteiger partial charge in [-0.3, -0.25) is 24.1 Å². The van der Waals surface area contributed by atoms with E-state index in [1.807, 2.05) is 39.8 Å². The number of fused-ring (bicyclic) bond motifs is 3. The molecule has 0 saturated heterocycles. The van der Waals surface area contributed by atoms with E-state index in [2.05, 4.69) is 0 Å². The molecule has 0 radical (unpaired) electrons. The van der Waals surface area contributed by atoms with Crippen LogP contribution < -0.4 is 0 Å². The predicted molar refractivity (Wildman–Crippen MR) is 152 cm³/mol. The molecule has 1 aromatic rings. The lowest BCUT2D eigenvalue weighted by Crippen LogP contribution is -2.65. The van der Waals surface area contributed by atoms with Gasteiger partial charge in [0.25, 0.3) is 0 Å². The summed E-state index contributed by atoms with van der Waals surface area (Å²) in [6, 6.07) is 0.563. The maximum Gasteiger partial charge on any atom is 0.202 e. The van der Waals surface area contributed by atoms with Crippen LogP contribution in [0.4, 0.5) is 0 Å². The van der Waals surface area contributed by atoms with Gasteiger partial charge >= 0.3 is 0 Å². The van der Waals surface area contributed by atoms with Gasteiger partial charge in [0, 0.05) is 35.6 Å². The highest BCUT2D eigenvalue weighted by molar-refractivity contribution is 6.25. The van der Waals surface area contributed by atoms with E-state index in [4.69, 9.17) is 0 Å². The minimum atomic E-state index is -2.64. The average molecular weight is 569 g/mol. The van der Waals surface area contributed by atoms with Crippen molar-refractivity contribution >= 4 is 28.9 Å².